The van der Waals surface area contributed by atoms with Crippen LogP contribution in [0.15, 0.2) is 39.1 Å². The molecule has 0 spiro atoms. The fraction of sp³-hybridized carbons (Fsp3) is 0.154. The molecule has 0 bridgehead atoms. The van der Waals surface area contributed by atoms with Crippen molar-refractivity contribution in [1.82, 2.24) is 0 Å². The number of hydrogen-bond donors (Lipinski definition) is 0. The maximum atomic E-state index is 12.0. The Morgan fingerprint density at radius 1 is 1.42 bits per heavy atom. The van der Waals surface area contributed by atoms with E-state index in [1.54, 1.807) is 24.4 Å². The molecule has 19 heavy (non-hydrogen) atoms. The van der Waals surface area contributed by atoms with E-state index in [2.05, 4.69) is 0 Å². The van der Waals surface area contributed by atoms with Crippen LogP contribution < -0.4 is 5.43 Å². The van der Waals surface area contributed by atoms with Gasteiger partial charge < -0.3 is 9.15 Å². The third-order valence-corrected chi connectivity index (χ3v) is 3.17. The Bertz CT molecular complexity index is 654. The van der Waals surface area contributed by atoms with E-state index < -0.39 is 17.2 Å². The van der Waals surface area contributed by atoms with Crippen LogP contribution in [0, 0.1) is 0 Å². The lowest BCUT2D eigenvalue weighted by molar-refractivity contribution is 0.0486. The van der Waals surface area contributed by atoms with Gasteiger partial charge in [-0.25, -0.2) is 4.79 Å². The normalized spacial score (nSPS) is 10.2. The summed E-state index contributed by atoms with van der Waals surface area (Å²) in [7, 11) is 0. The minimum absolute atomic E-state index is 0.101. The summed E-state index contributed by atoms with van der Waals surface area (Å²) < 4.78 is 9.68. The zero-order valence-electron chi connectivity index (χ0n) is 10.0. The van der Waals surface area contributed by atoms with Crippen LogP contribution in [0.3, 0.4) is 0 Å². The Morgan fingerprint density at radius 3 is 2.79 bits per heavy atom. The Hall–Kier alpha value is -2.21. The molecule has 0 saturated carbocycles. The summed E-state index contributed by atoms with van der Waals surface area (Å²) in [5.41, 5.74) is -0.664. The summed E-state index contributed by atoms with van der Waals surface area (Å²) in [6.45, 7) is 1.82. The standard InChI is InChI=1S/C13H10O5S/c1-2-17-13(16)10-6-9(14)8(7-18-10)12(15)11-4-3-5-19-11/h3-7H,2H2,1H3. The van der Waals surface area contributed by atoms with Gasteiger partial charge in [-0.15, -0.1) is 11.3 Å². The summed E-state index contributed by atoms with van der Waals surface area (Å²) in [6.07, 6.45) is 0.997. The summed E-state index contributed by atoms with van der Waals surface area (Å²) in [5.74, 6) is -1.36. The third-order valence-electron chi connectivity index (χ3n) is 2.30. The average molecular weight is 278 g/mol. The minimum atomic E-state index is -0.727. The topological polar surface area (TPSA) is 73.6 Å². The molecule has 2 heterocycles. The quantitative estimate of drug-likeness (QED) is 0.632. The first-order chi connectivity index (χ1) is 9.13. The van der Waals surface area contributed by atoms with Crippen LogP contribution in [0.4, 0.5) is 0 Å². The Labute approximate surface area is 112 Å². The molecule has 0 amide bonds. The van der Waals surface area contributed by atoms with Gasteiger partial charge in [-0.2, -0.15) is 0 Å². The molecule has 0 saturated heterocycles. The first kappa shape index (κ1) is 13.2. The van der Waals surface area contributed by atoms with Gasteiger partial charge >= 0.3 is 5.97 Å². The number of thiophene rings is 1. The van der Waals surface area contributed by atoms with E-state index >= 15 is 0 Å². The maximum Gasteiger partial charge on any atom is 0.374 e. The average Bonchev–Trinajstić information content (AvgIpc) is 2.92. The molecular weight excluding hydrogens is 268 g/mol. The van der Waals surface area contributed by atoms with Crippen molar-refractivity contribution < 1.29 is 18.7 Å². The Kier molecular flexibility index (Phi) is 3.91. The number of carbonyl (C=O) groups excluding carboxylic acids is 2. The highest BCUT2D eigenvalue weighted by molar-refractivity contribution is 7.12. The first-order valence-corrected chi connectivity index (χ1v) is 6.39. The highest BCUT2D eigenvalue weighted by Gasteiger charge is 2.18. The molecule has 0 aliphatic carbocycles. The van der Waals surface area contributed by atoms with E-state index in [4.69, 9.17) is 9.15 Å². The Balaban J connectivity index is 2.33. The molecule has 0 aliphatic heterocycles. The predicted octanol–water partition coefficient (Wildman–Crippen LogP) is 2.11. The highest BCUT2D eigenvalue weighted by Crippen LogP contribution is 2.13. The number of ether oxygens (including phenoxy) is 1. The number of hydrogen-bond acceptors (Lipinski definition) is 6. The molecule has 2 aromatic rings. The summed E-state index contributed by atoms with van der Waals surface area (Å²) in [5, 5.41) is 1.74. The second-order valence-corrected chi connectivity index (χ2v) is 4.50. The predicted molar refractivity (Wildman–Crippen MR) is 68.7 cm³/mol. The van der Waals surface area contributed by atoms with Gasteiger partial charge in [0, 0.05) is 6.07 Å². The van der Waals surface area contributed by atoms with Crippen LogP contribution in [0.2, 0.25) is 0 Å². The Morgan fingerprint density at radius 2 is 2.21 bits per heavy atom. The lowest BCUT2D eigenvalue weighted by Gasteiger charge is -2.01. The molecule has 98 valence electrons. The van der Waals surface area contributed by atoms with Crippen molar-refractivity contribution in [3.8, 4) is 0 Å². The maximum absolute atomic E-state index is 12.0. The van der Waals surface area contributed by atoms with Gasteiger partial charge in [0.05, 0.1) is 11.5 Å². The monoisotopic (exact) mass is 278 g/mol. The van der Waals surface area contributed by atoms with Crippen LogP contribution in [0.25, 0.3) is 0 Å². The van der Waals surface area contributed by atoms with Gasteiger partial charge in [0.2, 0.25) is 11.5 Å². The molecule has 0 unspecified atom stereocenters. The molecule has 6 heteroatoms. The SMILES string of the molecule is CCOC(=O)c1cc(=O)c(C(=O)c2cccs2)co1. The lowest BCUT2D eigenvalue weighted by Crippen LogP contribution is -2.16. The summed E-state index contributed by atoms with van der Waals surface area (Å²) >= 11 is 1.23. The minimum Gasteiger partial charge on any atom is -0.460 e. The van der Waals surface area contributed by atoms with Crippen LogP contribution in [0.5, 0.6) is 0 Å². The van der Waals surface area contributed by atoms with Gasteiger partial charge in [0.1, 0.15) is 11.8 Å². The van der Waals surface area contributed by atoms with Crippen LogP contribution in [0.1, 0.15) is 32.7 Å². The first-order valence-electron chi connectivity index (χ1n) is 5.51. The van der Waals surface area contributed by atoms with Crippen molar-refractivity contribution in [2.24, 2.45) is 0 Å². The fourth-order valence-electron chi connectivity index (χ4n) is 1.43. The molecule has 0 radical (unpaired) electrons. The van der Waals surface area contributed by atoms with Crippen LogP contribution in [-0.2, 0) is 4.74 Å². The molecule has 0 aromatic carbocycles. The van der Waals surface area contributed by atoms with E-state index in [0.29, 0.717) is 4.88 Å². The number of rotatable bonds is 4. The van der Waals surface area contributed by atoms with Gasteiger partial charge in [-0.1, -0.05) is 6.07 Å². The molecule has 0 atom stereocenters. The van der Waals surface area contributed by atoms with E-state index in [1.165, 1.54) is 11.3 Å². The third kappa shape index (κ3) is 2.79. The van der Waals surface area contributed by atoms with Crippen molar-refractivity contribution in [2.45, 2.75) is 6.92 Å². The molecule has 2 rings (SSSR count). The second kappa shape index (κ2) is 5.62. The van der Waals surface area contributed by atoms with Gasteiger partial charge in [0.15, 0.2) is 5.43 Å². The van der Waals surface area contributed by atoms with Crippen molar-refractivity contribution in [1.29, 1.82) is 0 Å². The zero-order chi connectivity index (χ0) is 13.8. The number of esters is 1. The van der Waals surface area contributed by atoms with E-state index in [9.17, 15) is 14.4 Å². The van der Waals surface area contributed by atoms with Crippen molar-refractivity contribution >= 4 is 23.1 Å². The van der Waals surface area contributed by atoms with Crippen molar-refractivity contribution in [2.75, 3.05) is 6.61 Å². The summed E-state index contributed by atoms with van der Waals surface area (Å²) in [4.78, 5) is 35.6. The smallest absolute Gasteiger partial charge is 0.374 e. The molecule has 2 aromatic heterocycles. The van der Waals surface area contributed by atoms with Crippen LogP contribution in [-0.4, -0.2) is 18.4 Å². The number of carbonyl (C=O) groups is 2. The van der Waals surface area contributed by atoms with Gasteiger partial charge in [-0.3, -0.25) is 9.59 Å². The largest absolute Gasteiger partial charge is 0.460 e. The van der Waals surface area contributed by atoms with Crippen molar-refractivity contribution in [3.05, 3.63) is 56.3 Å². The lowest BCUT2D eigenvalue weighted by atomic mass is 10.1. The molecule has 0 fully saturated rings. The fourth-order valence-corrected chi connectivity index (χ4v) is 2.10. The van der Waals surface area contributed by atoms with Gasteiger partial charge in [0.25, 0.3) is 0 Å². The van der Waals surface area contributed by atoms with E-state index in [1.807, 2.05) is 0 Å². The van der Waals surface area contributed by atoms with Gasteiger partial charge in [-0.05, 0) is 18.4 Å². The molecular formula is C13H10O5S. The number of ketones is 1. The zero-order valence-corrected chi connectivity index (χ0v) is 10.9. The second-order valence-electron chi connectivity index (χ2n) is 3.55. The van der Waals surface area contributed by atoms with Crippen molar-refractivity contribution in [3.63, 3.8) is 0 Å². The van der Waals surface area contributed by atoms with E-state index in [-0.39, 0.29) is 17.9 Å². The van der Waals surface area contributed by atoms with E-state index in [0.717, 1.165) is 12.3 Å². The molecule has 5 nitrogen and oxygen atoms in total. The van der Waals surface area contributed by atoms with Crippen LogP contribution >= 0.6 is 11.3 Å². The summed E-state index contributed by atoms with van der Waals surface area (Å²) in [6, 6.07) is 4.30. The highest BCUT2D eigenvalue weighted by atomic mass is 32.1. The molecule has 0 aliphatic rings. The molecule has 0 N–H and O–H groups in total.